The van der Waals surface area contributed by atoms with Crippen LogP contribution in [0, 0.1) is 0 Å². The molecule has 1 aromatic heterocycles. The molecule has 1 atom stereocenters. The number of hydrogen-bond donors (Lipinski definition) is 1. The van der Waals surface area contributed by atoms with Crippen LogP contribution in [0.5, 0.6) is 0 Å². The average Bonchev–Trinajstić information content (AvgIpc) is 2.59. The molecule has 0 bridgehead atoms. The molecule has 14 heavy (non-hydrogen) atoms. The number of halogens is 1. The number of rotatable bonds is 6. The van der Waals surface area contributed by atoms with Crippen molar-refractivity contribution in [1.82, 2.24) is 5.32 Å². The van der Waals surface area contributed by atoms with Gasteiger partial charge in [-0.25, -0.2) is 0 Å². The van der Waals surface area contributed by atoms with Gasteiger partial charge in [0.05, 0.1) is 12.6 Å². The first-order chi connectivity index (χ1) is 6.74. The Morgan fingerprint density at radius 1 is 1.57 bits per heavy atom. The van der Waals surface area contributed by atoms with Crippen molar-refractivity contribution in [1.29, 1.82) is 0 Å². The van der Waals surface area contributed by atoms with Gasteiger partial charge in [0.25, 0.3) is 0 Å². The molecule has 0 saturated heterocycles. The second-order valence-electron chi connectivity index (χ2n) is 3.01. The van der Waals surface area contributed by atoms with Gasteiger partial charge in [0.15, 0.2) is 4.67 Å². The number of hydrogen-bond acceptors (Lipinski definition) is 3. The van der Waals surface area contributed by atoms with Crippen LogP contribution in [-0.2, 0) is 4.74 Å². The Hall–Kier alpha value is -0.320. The van der Waals surface area contributed by atoms with Crippen LogP contribution in [0.25, 0.3) is 0 Å². The minimum atomic E-state index is 0.224. The molecule has 0 aliphatic heterocycles. The minimum Gasteiger partial charge on any atom is -0.453 e. The van der Waals surface area contributed by atoms with E-state index in [4.69, 9.17) is 9.15 Å². The van der Waals surface area contributed by atoms with E-state index < -0.39 is 0 Å². The fraction of sp³-hybridized carbons (Fsp3) is 0.600. The number of nitrogens with one attached hydrogen (secondary N) is 1. The maximum absolute atomic E-state index is 5.42. The van der Waals surface area contributed by atoms with E-state index in [0.717, 1.165) is 30.2 Å². The predicted molar refractivity (Wildman–Crippen MR) is 59.3 cm³/mol. The van der Waals surface area contributed by atoms with Gasteiger partial charge in [0, 0.05) is 13.2 Å². The summed E-state index contributed by atoms with van der Waals surface area (Å²) in [4.78, 5) is 0. The van der Waals surface area contributed by atoms with E-state index >= 15 is 0 Å². The number of furan rings is 1. The van der Waals surface area contributed by atoms with E-state index in [-0.39, 0.29) is 6.04 Å². The molecule has 1 unspecified atom stereocenters. The van der Waals surface area contributed by atoms with Crippen molar-refractivity contribution < 1.29 is 9.15 Å². The summed E-state index contributed by atoms with van der Waals surface area (Å²) in [6.45, 7) is 6.41. The highest BCUT2D eigenvalue weighted by Crippen LogP contribution is 2.19. The lowest BCUT2D eigenvalue weighted by Crippen LogP contribution is -2.22. The van der Waals surface area contributed by atoms with Crippen LogP contribution in [0.3, 0.4) is 0 Å². The normalized spacial score (nSPS) is 13.1. The Kier molecular flexibility index (Phi) is 5.22. The molecule has 0 spiro atoms. The molecule has 4 heteroatoms. The molecule has 1 aromatic rings. The first kappa shape index (κ1) is 11.8. The molecule has 0 radical (unpaired) electrons. The van der Waals surface area contributed by atoms with Crippen LogP contribution in [-0.4, -0.2) is 19.8 Å². The summed E-state index contributed by atoms with van der Waals surface area (Å²) in [5.41, 5.74) is 0. The van der Waals surface area contributed by atoms with Crippen molar-refractivity contribution in [3.8, 4) is 0 Å². The van der Waals surface area contributed by atoms with Crippen LogP contribution in [0.15, 0.2) is 21.2 Å². The fourth-order valence-corrected chi connectivity index (χ4v) is 1.47. The van der Waals surface area contributed by atoms with E-state index in [1.807, 2.05) is 19.1 Å². The molecule has 80 valence electrons. The van der Waals surface area contributed by atoms with E-state index in [9.17, 15) is 0 Å². The van der Waals surface area contributed by atoms with Crippen molar-refractivity contribution in [2.24, 2.45) is 0 Å². The lowest BCUT2D eigenvalue weighted by atomic mass is 10.2. The Balaban J connectivity index is 2.25. The summed E-state index contributed by atoms with van der Waals surface area (Å²) in [7, 11) is 0. The summed E-state index contributed by atoms with van der Waals surface area (Å²) in [6.07, 6.45) is 0. The van der Waals surface area contributed by atoms with Crippen LogP contribution in [0.1, 0.15) is 25.6 Å². The Bertz CT molecular complexity index is 262. The quantitative estimate of drug-likeness (QED) is 0.800. The third kappa shape index (κ3) is 3.82. The standard InChI is InChI=1S/C10H16BrNO2/c1-3-13-7-6-12-8(2)9-4-5-10(11)14-9/h4-5,8,12H,3,6-7H2,1-2H3. The monoisotopic (exact) mass is 261 g/mol. The SMILES string of the molecule is CCOCCNC(C)c1ccc(Br)o1. The molecule has 0 aliphatic rings. The first-order valence-electron chi connectivity index (χ1n) is 4.80. The summed E-state index contributed by atoms with van der Waals surface area (Å²) in [5, 5.41) is 3.31. The Labute approximate surface area is 92.9 Å². The second kappa shape index (κ2) is 6.22. The van der Waals surface area contributed by atoms with E-state index in [1.54, 1.807) is 0 Å². The van der Waals surface area contributed by atoms with Crippen molar-refractivity contribution in [2.45, 2.75) is 19.9 Å². The largest absolute Gasteiger partial charge is 0.453 e. The zero-order valence-electron chi connectivity index (χ0n) is 8.55. The van der Waals surface area contributed by atoms with Gasteiger partial charge in [-0.2, -0.15) is 0 Å². The van der Waals surface area contributed by atoms with E-state index in [1.165, 1.54) is 0 Å². The smallest absolute Gasteiger partial charge is 0.169 e. The van der Waals surface area contributed by atoms with Gasteiger partial charge in [-0.15, -0.1) is 0 Å². The highest BCUT2D eigenvalue weighted by atomic mass is 79.9. The van der Waals surface area contributed by atoms with Gasteiger partial charge in [-0.3, -0.25) is 0 Å². The van der Waals surface area contributed by atoms with E-state index in [0.29, 0.717) is 0 Å². The van der Waals surface area contributed by atoms with Gasteiger partial charge < -0.3 is 14.5 Å². The zero-order valence-corrected chi connectivity index (χ0v) is 10.1. The third-order valence-electron chi connectivity index (χ3n) is 1.92. The van der Waals surface area contributed by atoms with Gasteiger partial charge in [-0.1, -0.05) is 0 Å². The van der Waals surface area contributed by atoms with Gasteiger partial charge in [-0.05, 0) is 41.9 Å². The molecular weight excluding hydrogens is 246 g/mol. The molecule has 1 rings (SSSR count). The number of ether oxygens (including phenoxy) is 1. The highest BCUT2D eigenvalue weighted by Gasteiger charge is 2.08. The molecule has 0 aliphatic carbocycles. The summed E-state index contributed by atoms with van der Waals surface area (Å²) in [5.74, 6) is 0.938. The topological polar surface area (TPSA) is 34.4 Å². The van der Waals surface area contributed by atoms with Gasteiger partial charge in [0.1, 0.15) is 5.76 Å². The van der Waals surface area contributed by atoms with Crippen molar-refractivity contribution in [3.05, 3.63) is 22.6 Å². The molecule has 1 heterocycles. The fourth-order valence-electron chi connectivity index (χ4n) is 1.15. The zero-order chi connectivity index (χ0) is 10.4. The molecule has 0 fully saturated rings. The highest BCUT2D eigenvalue weighted by molar-refractivity contribution is 9.10. The molecule has 0 amide bonds. The summed E-state index contributed by atoms with van der Waals surface area (Å²) in [6, 6.07) is 4.08. The summed E-state index contributed by atoms with van der Waals surface area (Å²) >= 11 is 3.27. The molecule has 0 aromatic carbocycles. The van der Waals surface area contributed by atoms with Crippen molar-refractivity contribution in [2.75, 3.05) is 19.8 Å². The predicted octanol–water partition coefficient (Wildman–Crippen LogP) is 2.73. The van der Waals surface area contributed by atoms with E-state index in [2.05, 4.69) is 28.2 Å². The van der Waals surface area contributed by atoms with Crippen molar-refractivity contribution in [3.63, 3.8) is 0 Å². The maximum atomic E-state index is 5.42. The Morgan fingerprint density at radius 2 is 2.36 bits per heavy atom. The second-order valence-corrected chi connectivity index (χ2v) is 3.80. The van der Waals surface area contributed by atoms with Crippen LogP contribution in [0.2, 0.25) is 0 Å². The maximum Gasteiger partial charge on any atom is 0.169 e. The molecule has 1 N–H and O–H groups in total. The van der Waals surface area contributed by atoms with Gasteiger partial charge in [0.2, 0.25) is 0 Å². The molecular formula is C10H16BrNO2. The molecule has 3 nitrogen and oxygen atoms in total. The lowest BCUT2D eigenvalue weighted by molar-refractivity contribution is 0.146. The van der Waals surface area contributed by atoms with Crippen LogP contribution >= 0.6 is 15.9 Å². The summed E-state index contributed by atoms with van der Waals surface area (Å²) < 4.78 is 11.4. The van der Waals surface area contributed by atoms with Gasteiger partial charge >= 0.3 is 0 Å². The van der Waals surface area contributed by atoms with Crippen molar-refractivity contribution >= 4 is 15.9 Å². The van der Waals surface area contributed by atoms with Crippen LogP contribution in [0.4, 0.5) is 0 Å². The first-order valence-corrected chi connectivity index (χ1v) is 5.59. The third-order valence-corrected chi connectivity index (χ3v) is 2.35. The lowest BCUT2D eigenvalue weighted by Gasteiger charge is -2.10. The van der Waals surface area contributed by atoms with Crippen LogP contribution < -0.4 is 5.32 Å². The average molecular weight is 262 g/mol. The minimum absolute atomic E-state index is 0.224. The Morgan fingerprint density at radius 3 is 2.93 bits per heavy atom. The molecule has 0 saturated carbocycles.